The lowest BCUT2D eigenvalue weighted by Gasteiger charge is -2.29. The first kappa shape index (κ1) is 22.9. The lowest BCUT2D eigenvalue weighted by Crippen LogP contribution is -2.45. The number of nitrogens with zero attached hydrogens (tertiary/aromatic N) is 1. The van der Waals surface area contributed by atoms with E-state index >= 15 is 0 Å². The molecule has 3 amide bonds. The number of anilines is 2. The molecule has 8 nitrogen and oxygen atoms in total. The maximum absolute atomic E-state index is 12.4. The first-order valence-corrected chi connectivity index (χ1v) is 10.6. The van der Waals surface area contributed by atoms with Crippen LogP contribution in [0.2, 0.25) is 0 Å². The molecule has 0 bridgehead atoms. The molecule has 2 aromatic rings. The van der Waals surface area contributed by atoms with Crippen LogP contribution in [-0.2, 0) is 14.4 Å². The summed E-state index contributed by atoms with van der Waals surface area (Å²) >= 11 is 0. The van der Waals surface area contributed by atoms with Crippen LogP contribution >= 0.6 is 0 Å². The molecule has 8 heteroatoms. The zero-order chi connectivity index (χ0) is 22.9. The SMILES string of the molecule is CCCNC(=O)CN1C(=O)COc2ccc(NC(=O)/C=C/c3ccc(OCC)cc3)cc21. The molecule has 1 aliphatic rings. The van der Waals surface area contributed by atoms with E-state index in [-0.39, 0.29) is 30.9 Å². The molecule has 0 saturated carbocycles. The first-order chi connectivity index (χ1) is 15.5. The van der Waals surface area contributed by atoms with Crippen LogP contribution in [0.4, 0.5) is 11.4 Å². The van der Waals surface area contributed by atoms with E-state index in [0.717, 1.165) is 17.7 Å². The number of hydrogen-bond acceptors (Lipinski definition) is 5. The Morgan fingerprint density at radius 1 is 1.16 bits per heavy atom. The van der Waals surface area contributed by atoms with Gasteiger partial charge in [-0.15, -0.1) is 0 Å². The Morgan fingerprint density at radius 3 is 2.66 bits per heavy atom. The summed E-state index contributed by atoms with van der Waals surface area (Å²) < 4.78 is 10.9. The number of carbonyl (C=O) groups is 3. The number of benzene rings is 2. The fourth-order valence-electron chi connectivity index (χ4n) is 3.11. The number of amides is 3. The highest BCUT2D eigenvalue weighted by Crippen LogP contribution is 2.34. The average molecular weight is 437 g/mol. The second kappa shape index (κ2) is 11.0. The lowest BCUT2D eigenvalue weighted by molar-refractivity contribution is -0.125. The van der Waals surface area contributed by atoms with Crippen LogP contribution in [0, 0.1) is 0 Å². The third-order valence-corrected chi connectivity index (χ3v) is 4.66. The van der Waals surface area contributed by atoms with Gasteiger partial charge in [-0.05, 0) is 55.3 Å². The summed E-state index contributed by atoms with van der Waals surface area (Å²) in [6.07, 6.45) is 3.92. The highest BCUT2D eigenvalue weighted by Gasteiger charge is 2.27. The van der Waals surface area contributed by atoms with Gasteiger partial charge in [0.05, 0.1) is 12.3 Å². The highest BCUT2D eigenvalue weighted by molar-refractivity contribution is 6.05. The summed E-state index contributed by atoms with van der Waals surface area (Å²) in [4.78, 5) is 38.2. The van der Waals surface area contributed by atoms with Crippen molar-refractivity contribution in [2.24, 2.45) is 0 Å². The van der Waals surface area contributed by atoms with Crippen molar-refractivity contribution < 1.29 is 23.9 Å². The van der Waals surface area contributed by atoms with E-state index in [1.54, 1.807) is 24.3 Å². The molecule has 2 aromatic carbocycles. The Hall–Kier alpha value is -3.81. The van der Waals surface area contributed by atoms with Crippen molar-refractivity contribution in [3.05, 3.63) is 54.1 Å². The molecule has 0 radical (unpaired) electrons. The van der Waals surface area contributed by atoms with Gasteiger partial charge in [0.2, 0.25) is 11.8 Å². The van der Waals surface area contributed by atoms with Crippen molar-refractivity contribution in [2.45, 2.75) is 20.3 Å². The quantitative estimate of drug-likeness (QED) is 0.588. The number of ether oxygens (including phenoxy) is 2. The topological polar surface area (TPSA) is 97.0 Å². The van der Waals surface area contributed by atoms with Crippen LogP contribution in [-0.4, -0.2) is 44.0 Å². The van der Waals surface area contributed by atoms with Crippen molar-refractivity contribution in [3.8, 4) is 11.5 Å². The zero-order valence-corrected chi connectivity index (χ0v) is 18.2. The van der Waals surface area contributed by atoms with Crippen molar-refractivity contribution in [1.82, 2.24) is 5.32 Å². The van der Waals surface area contributed by atoms with Crippen LogP contribution in [0.3, 0.4) is 0 Å². The second-order valence-electron chi connectivity index (χ2n) is 7.13. The van der Waals surface area contributed by atoms with E-state index in [4.69, 9.17) is 9.47 Å². The van der Waals surface area contributed by atoms with Crippen LogP contribution in [0.5, 0.6) is 11.5 Å². The summed E-state index contributed by atoms with van der Waals surface area (Å²) in [7, 11) is 0. The third kappa shape index (κ3) is 6.10. The van der Waals surface area contributed by atoms with Gasteiger partial charge in [-0.2, -0.15) is 0 Å². The first-order valence-electron chi connectivity index (χ1n) is 10.6. The zero-order valence-electron chi connectivity index (χ0n) is 18.2. The smallest absolute Gasteiger partial charge is 0.265 e. The Kier molecular flexibility index (Phi) is 7.85. The van der Waals surface area contributed by atoms with E-state index in [9.17, 15) is 14.4 Å². The van der Waals surface area contributed by atoms with E-state index < -0.39 is 0 Å². The van der Waals surface area contributed by atoms with Gasteiger partial charge in [-0.1, -0.05) is 19.1 Å². The molecular weight excluding hydrogens is 410 g/mol. The molecule has 3 rings (SSSR count). The van der Waals surface area contributed by atoms with Gasteiger partial charge in [0, 0.05) is 18.3 Å². The molecule has 168 valence electrons. The number of fused-ring (bicyclic) bond motifs is 1. The molecule has 0 fully saturated rings. The van der Waals surface area contributed by atoms with Crippen LogP contribution in [0.1, 0.15) is 25.8 Å². The minimum absolute atomic E-state index is 0.107. The summed E-state index contributed by atoms with van der Waals surface area (Å²) in [5.74, 6) is 0.363. The van der Waals surface area contributed by atoms with E-state index in [1.165, 1.54) is 11.0 Å². The van der Waals surface area contributed by atoms with Crippen molar-refractivity contribution in [1.29, 1.82) is 0 Å². The number of carbonyl (C=O) groups excluding carboxylic acids is 3. The van der Waals surface area contributed by atoms with Crippen molar-refractivity contribution in [3.63, 3.8) is 0 Å². The predicted molar refractivity (Wildman–Crippen MR) is 123 cm³/mol. The minimum atomic E-state index is -0.325. The Balaban J connectivity index is 1.68. The molecule has 0 atom stereocenters. The monoisotopic (exact) mass is 437 g/mol. The Bertz CT molecular complexity index is 1000. The summed E-state index contributed by atoms with van der Waals surface area (Å²) in [5.41, 5.74) is 1.79. The molecule has 0 aromatic heterocycles. The molecule has 0 saturated heterocycles. The second-order valence-corrected chi connectivity index (χ2v) is 7.13. The number of nitrogens with one attached hydrogen (secondary N) is 2. The van der Waals surface area contributed by atoms with E-state index in [0.29, 0.717) is 30.3 Å². The van der Waals surface area contributed by atoms with Gasteiger partial charge < -0.3 is 20.1 Å². The van der Waals surface area contributed by atoms with Gasteiger partial charge in [0.15, 0.2) is 6.61 Å². The molecule has 0 spiro atoms. The van der Waals surface area contributed by atoms with Gasteiger partial charge in [-0.3, -0.25) is 19.3 Å². The summed E-state index contributed by atoms with van der Waals surface area (Å²) in [6.45, 7) is 4.77. The molecule has 1 heterocycles. The Morgan fingerprint density at radius 2 is 1.94 bits per heavy atom. The van der Waals surface area contributed by atoms with Crippen LogP contribution in [0.15, 0.2) is 48.5 Å². The molecular formula is C24H27N3O5. The maximum atomic E-state index is 12.4. The van der Waals surface area contributed by atoms with Crippen molar-refractivity contribution in [2.75, 3.05) is 36.5 Å². The lowest BCUT2D eigenvalue weighted by atomic mass is 10.2. The van der Waals surface area contributed by atoms with Crippen LogP contribution in [0.25, 0.3) is 6.08 Å². The molecule has 1 aliphatic heterocycles. The summed E-state index contributed by atoms with van der Waals surface area (Å²) in [6, 6.07) is 12.4. The number of hydrogen-bond donors (Lipinski definition) is 2. The Labute approximate surface area is 187 Å². The molecule has 0 unspecified atom stereocenters. The normalized spacial score (nSPS) is 12.8. The standard InChI is InChI=1S/C24H27N3O5/c1-3-13-25-23(29)15-27-20-14-18(8-11-21(20)32-16-24(27)30)26-22(28)12-7-17-5-9-19(10-6-17)31-4-2/h5-12,14H,3-4,13,15-16H2,1-2H3,(H,25,29)(H,26,28)/b12-7+. The third-order valence-electron chi connectivity index (χ3n) is 4.66. The number of rotatable bonds is 9. The molecule has 32 heavy (non-hydrogen) atoms. The van der Waals surface area contributed by atoms with Gasteiger partial charge in [0.1, 0.15) is 18.0 Å². The molecule has 0 aliphatic carbocycles. The minimum Gasteiger partial charge on any atom is -0.494 e. The predicted octanol–water partition coefficient (Wildman–Crippen LogP) is 2.99. The van der Waals surface area contributed by atoms with E-state index in [2.05, 4.69) is 10.6 Å². The van der Waals surface area contributed by atoms with Gasteiger partial charge in [0.25, 0.3) is 5.91 Å². The van der Waals surface area contributed by atoms with Gasteiger partial charge >= 0.3 is 0 Å². The highest BCUT2D eigenvalue weighted by atomic mass is 16.5. The fourth-order valence-corrected chi connectivity index (χ4v) is 3.11. The average Bonchev–Trinajstić information content (AvgIpc) is 2.79. The van der Waals surface area contributed by atoms with Crippen LogP contribution < -0.4 is 25.0 Å². The van der Waals surface area contributed by atoms with Crippen molar-refractivity contribution >= 4 is 35.2 Å². The van der Waals surface area contributed by atoms with E-state index in [1.807, 2.05) is 38.1 Å². The van der Waals surface area contributed by atoms with Gasteiger partial charge in [-0.25, -0.2) is 0 Å². The fraction of sp³-hybridized carbons (Fsp3) is 0.292. The maximum Gasteiger partial charge on any atom is 0.265 e. The molecule has 2 N–H and O–H groups in total. The largest absolute Gasteiger partial charge is 0.494 e. The summed E-state index contributed by atoms with van der Waals surface area (Å²) in [5, 5.41) is 5.53.